The first-order valence-corrected chi connectivity index (χ1v) is 9.90. The molecule has 2 aromatic heterocycles. The Kier molecular flexibility index (Phi) is 5.44. The Balaban J connectivity index is 1.50. The minimum absolute atomic E-state index is 0.109. The maximum atomic E-state index is 13.1. The molecule has 0 radical (unpaired) electrons. The fourth-order valence-corrected chi connectivity index (χ4v) is 3.40. The molecule has 9 nitrogen and oxygen atoms in total. The van der Waals surface area contributed by atoms with E-state index in [-0.39, 0.29) is 11.8 Å². The maximum absolute atomic E-state index is 13.1. The molecule has 0 saturated heterocycles. The normalized spacial score (nSPS) is 10.9. The molecule has 30 heavy (non-hydrogen) atoms. The van der Waals surface area contributed by atoms with Crippen molar-refractivity contribution >= 4 is 29.3 Å². The van der Waals surface area contributed by atoms with Gasteiger partial charge in [-0.3, -0.25) is 0 Å². The summed E-state index contributed by atoms with van der Waals surface area (Å²) in [7, 11) is 0. The van der Waals surface area contributed by atoms with Crippen LogP contribution in [0.3, 0.4) is 0 Å². The summed E-state index contributed by atoms with van der Waals surface area (Å²) in [5.41, 5.74) is 8.44. The van der Waals surface area contributed by atoms with E-state index in [2.05, 4.69) is 30.5 Å². The van der Waals surface area contributed by atoms with Crippen LogP contribution in [0.2, 0.25) is 0 Å². The Morgan fingerprint density at radius 2 is 1.80 bits per heavy atom. The molecule has 4 aromatic rings. The Bertz CT molecular complexity index is 1180. The van der Waals surface area contributed by atoms with Gasteiger partial charge in [0.05, 0.1) is 5.75 Å². The molecule has 2 aromatic carbocycles. The number of anilines is 3. The van der Waals surface area contributed by atoms with E-state index in [0.717, 1.165) is 11.3 Å². The van der Waals surface area contributed by atoms with Gasteiger partial charge in [-0.1, -0.05) is 30.0 Å². The van der Waals surface area contributed by atoms with Crippen molar-refractivity contribution in [1.82, 2.24) is 29.8 Å². The molecule has 0 saturated carbocycles. The standard InChI is InChI=1S/C19H18FN9S/c1-11-4-2-3-5-14(11)23-18-25-15(24-17(21)26-18)10-30-19-28-27-16(29(19)22)12-6-8-13(20)9-7-12/h2-9H,10,22H2,1H3,(H3,21,23,24,25,26). The van der Waals surface area contributed by atoms with E-state index in [1.807, 2.05) is 31.2 Å². The Morgan fingerprint density at radius 3 is 2.57 bits per heavy atom. The van der Waals surface area contributed by atoms with Gasteiger partial charge in [0.25, 0.3) is 0 Å². The van der Waals surface area contributed by atoms with E-state index >= 15 is 0 Å². The van der Waals surface area contributed by atoms with Crippen LogP contribution >= 0.6 is 11.8 Å². The summed E-state index contributed by atoms with van der Waals surface area (Å²) in [4.78, 5) is 12.7. The van der Waals surface area contributed by atoms with Gasteiger partial charge in [-0.15, -0.1) is 10.2 Å². The molecule has 0 aliphatic carbocycles. The van der Waals surface area contributed by atoms with Crippen LogP contribution in [0.25, 0.3) is 11.4 Å². The van der Waals surface area contributed by atoms with Crippen molar-refractivity contribution in [3.63, 3.8) is 0 Å². The van der Waals surface area contributed by atoms with Crippen LogP contribution in [0, 0.1) is 12.7 Å². The van der Waals surface area contributed by atoms with Crippen LogP contribution in [0.4, 0.5) is 22.0 Å². The summed E-state index contributed by atoms with van der Waals surface area (Å²) < 4.78 is 14.5. The molecular formula is C19H18FN9S. The molecule has 4 rings (SSSR count). The van der Waals surface area contributed by atoms with Gasteiger partial charge in [-0.25, -0.2) is 9.07 Å². The molecule has 11 heteroatoms. The van der Waals surface area contributed by atoms with Gasteiger partial charge in [0.2, 0.25) is 17.1 Å². The largest absolute Gasteiger partial charge is 0.368 e. The smallest absolute Gasteiger partial charge is 0.232 e. The monoisotopic (exact) mass is 423 g/mol. The predicted molar refractivity (Wildman–Crippen MR) is 114 cm³/mol. The second kappa shape index (κ2) is 8.33. The zero-order chi connectivity index (χ0) is 21.1. The third kappa shape index (κ3) is 4.30. The third-order valence-corrected chi connectivity index (χ3v) is 5.13. The van der Waals surface area contributed by atoms with Crippen LogP contribution in [0.15, 0.2) is 53.7 Å². The quantitative estimate of drug-likeness (QED) is 0.316. The van der Waals surface area contributed by atoms with Crippen molar-refractivity contribution in [2.45, 2.75) is 17.8 Å². The molecule has 0 aliphatic rings. The second-order valence-corrected chi connectivity index (χ2v) is 7.29. The van der Waals surface area contributed by atoms with E-state index < -0.39 is 0 Å². The van der Waals surface area contributed by atoms with Gasteiger partial charge >= 0.3 is 0 Å². The average molecular weight is 423 g/mol. The Morgan fingerprint density at radius 1 is 1.03 bits per heavy atom. The molecule has 2 heterocycles. The van der Waals surface area contributed by atoms with E-state index in [0.29, 0.717) is 34.1 Å². The van der Waals surface area contributed by atoms with Crippen LogP contribution < -0.4 is 16.9 Å². The molecule has 0 unspecified atom stereocenters. The highest BCUT2D eigenvalue weighted by molar-refractivity contribution is 7.98. The second-order valence-electron chi connectivity index (χ2n) is 6.35. The van der Waals surface area contributed by atoms with E-state index in [9.17, 15) is 4.39 Å². The number of benzene rings is 2. The summed E-state index contributed by atoms with van der Waals surface area (Å²) >= 11 is 1.30. The van der Waals surface area contributed by atoms with Gasteiger partial charge in [0, 0.05) is 11.3 Å². The first-order chi connectivity index (χ1) is 14.5. The maximum Gasteiger partial charge on any atom is 0.232 e. The average Bonchev–Trinajstić information content (AvgIpc) is 3.09. The number of nitrogens with one attached hydrogen (secondary N) is 1. The van der Waals surface area contributed by atoms with Crippen molar-refractivity contribution in [1.29, 1.82) is 0 Å². The number of para-hydroxylation sites is 1. The highest BCUT2D eigenvalue weighted by Crippen LogP contribution is 2.24. The van der Waals surface area contributed by atoms with Crippen LogP contribution in [0.5, 0.6) is 0 Å². The lowest BCUT2D eigenvalue weighted by Gasteiger charge is -2.09. The van der Waals surface area contributed by atoms with Crippen molar-refractivity contribution < 1.29 is 4.39 Å². The SMILES string of the molecule is Cc1ccccc1Nc1nc(N)nc(CSc2nnc(-c3ccc(F)cc3)n2N)n1. The van der Waals surface area contributed by atoms with Crippen molar-refractivity contribution in [2.24, 2.45) is 0 Å². The number of aryl methyl sites for hydroxylation is 1. The molecule has 0 amide bonds. The molecule has 0 bridgehead atoms. The van der Waals surface area contributed by atoms with E-state index in [4.69, 9.17) is 11.6 Å². The lowest BCUT2D eigenvalue weighted by molar-refractivity contribution is 0.628. The number of nitrogen functional groups attached to an aromatic ring is 2. The fourth-order valence-electron chi connectivity index (χ4n) is 2.69. The first-order valence-electron chi connectivity index (χ1n) is 8.92. The predicted octanol–water partition coefficient (Wildman–Crippen LogP) is 2.91. The number of hydrogen-bond donors (Lipinski definition) is 3. The van der Waals surface area contributed by atoms with Crippen LogP contribution in [0.1, 0.15) is 11.4 Å². The Labute approximate surface area is 175 Å². The Hall–Kier alpha value is -3.73. The lowest BCUT2D eigenvalue weighted by atomic mass is 10.2. The van der Waals surface area contributed by atoms with Crippen LogP contribution in [-0.4, -0.2) is 29.8 Å². The first kappa shape index (κ1) is 19.6. The van der Waals surface area contributed by atoms with Crippen molar-refractivity contribution in [3.8, 4) is 11.4 Å². The number of nitrogens with two attached hydrogens (primary N) is 2. The molecular weight excluding hydrogens is 405 g/mol. The minimum Gasteiger partial charge on any atom is -0.368 e. The fraction of sp³-hybridized carbons (Fsp3) is 0.105. The summed E-state index contributed by atoms with van der Waals surface area (Å²) in [5.74, 6) is 7.48. The number of hydrogen-bond acceptors (Lipinski definition) is 9. The van der Waals surface area contributed by atoms with Gasteiger partial charge in [0.15, 0.2) is 5.82 Å². The third-order valence-electron chi connectivity index (χ3n) is 4.19. The van der Waals surface area contributed by atoms with Crippen LogP contribution in [-0.2, 0) is 5.75 Å². The highest BCUT2D eigenvalue weighted by Gasteiger charge is 2.14. The van der Waals surface area contributed by atoms with Gasteiger partial charge < -0.3 is 16.9 Å². The molecule has 152 valence electrons. The minimum atomic E-state index is -0.334. The summed E-state index contributed by atoms with van der Waals surface area (Å²) in [6.07, 6.45) is 0. The number of nitrogens with zero attached hydrogens (tertiary/aromatic N) is 6. The molecule has 0 spiro atoms. The summed E-state index contributed by atoms with van der Waals surface area (Å²) in [5, 5.41) is 11.8. The van der Waals surface area contributed by atoms with E-state index in [1.165, 1.54) is 28.6 Å². The van der Waals surface area contributed by atoms with Crippen molar-refractivity contribution in [2.75, 3.05) is 16.9 Å². The molecule has 5 N–H and O–H groups in total. The van der Waals surface area contributed by atoms with Crippen molar-refractivity contribution in [3.05, 3.63) is 65.7 Å². The highest BCUT2D eigenvalue weighted by atomic mass is 32.2. The lowest BCUT2D eigenvalue weighted by Crippen LogP contribution is -2.12. The number of thioether (sulfide) groups is 1. The van der Waals surface area contributed by atoms with Gasteiger partial charge in [0.1, 0.15) is 11.6 Å². The number of rotatable bonds is 6. The van der Waals surface area contributed by atoms with Gasteiger partial charge in [-0.2, -0.15) is 15.0 Å². The molecule has 0 aliphatic heterocycles. The topological polar surface area (TPSA) is 133 Å². The zero-order valence-electron chi connectivity index (χ0n) is 16.0. The van der Waals surface area contributed by atoms with E-state index in [1.54, 1.807) is 12.1 Å². The van der Waals surface area contributed by atoms with Gasteiger partial charge in [-0.05, 0) is 42.8 Å². The number of aromatic nitrogens is 6. The summed E-state index contributed by atoms with van der Waals surface area (Å²) in [6, 6.07) is 13.6. The molecule has 0 fully saturated rings. The number of halogens is 1. The molecule has 0 atom stereocenters. The summed E-state index contributed by atoms with van der Waals surface area (Å²) in [6.45, 7) is 1.98. The zero-order valence-corrected chi connectivity index (χ0v) is 16.8.